The third kappa shape index (κ3) is 3.48. The molecule has 4 nitrogen and oxygen atoms in total. The van der Waals surface area contributed by atoms with Crippen LogP contribution in [0.2, 0.25) is 0 Å². The second kappa shape index (κ2) is 6.24. The van der Waals surface area contributed by atoms with Gasteiger partial charge >= 0.3 is 0 Å². The van der Waals surface area contributed by atoms with Crippen LogP contribution in [0.5, 0.6) is 11.5 Å². The van der Waals surface area contributed by atoms with E-state index in [0.717, 1.165) is 11.3 Å². The van der Waals surface area contributed by atoms with Gasteiger partial charge in [-0.2, -0.15) is 5.10 Å². The number of hydrazone groups is 1. The highest BCUT2D eigenvalue weighted by Gasteiger charge is 2.07. The number of para-hydroxylation sites is 1. The molecule has 0 heterocycles. The monoisotopic (exact) mass is 320 g/mol. The summed E-state index contributed by atoms with van der Waals surface area (Å²) in [6.07, 6.45) is 1.65. The summed E-state index contributed by atoms with van der Waals surface area (Å²) in [4.78, 5) is 0. The van der Waals surface area contributed by atoms with Crippen molar-refractivity contribution in [2.75, 3.05) is 12.5 Å². The number of ether oxygens (including phenoxy) is 1. The number of phenols is 1. The molecule has 2 N–H and O–H groups in total. The molecule has 98 valence electrons. The molecule has 0 fully saturated rings. The third-order valence-corrected chi connectivity index (χ3v) is 3.06. The summed E-state index contributed by atoms with van der Waals surface area (Å²) in [5.74, 6) is 0.478. The molecule has 0 spiro atoms. The highest BCUT2D eigenvalue weighted by atomic mass is 79.9. The van der Waals surface area contributed by atoms with Crippen molar-refractivity contribution >= 4 is 27.8 Å². The van der Waals surface area contributed by atoms with Gasteiger partial charge in [-0.1, -0.05) is 18.2 Å². The first-order valence-corrected chi connectivity index (χ1v) is 6.40. The summed E-state index contributed by atoms with van der Waals surface area (Å²) in [6, 6.07) is 13.1. The number of phenolic OH excluding ortho intramolecular Hbond substituents is 1. The molecule has 19 heavy (non-hydrogen) atoms. The molecule has 0 atom stereocenters. The van der Waals surface area contributed by atoms with E-state index in [0.29, 0.717) is 10.2 Å². The Balaban J connectivity index is 2.13. The normalized spacial score (nSPS) is 10.6. The van der Waals surface area contributed by atoms with Gasteiger partial charge in [0, 0.05) is 0 Å². The van der Waals surface area contributed by atoms with Gasteiger partial charge in [-0.3, -0.25) is 5.43 Å². The Morgan fingerprint density at radius 2 is 2.00 bits per heavy atom. The van der Waals surface area contributed by atoms with Crippen LogP contribution in [0, 0.1) is 0 Å². The number of aromatic hydroxyl groups is 1. The quantitative estimate of drug-likeness (QED) is 0.668. The van der Waals surface area contributed by atoms with Crippen molar-refractivity contribution in [3.05, 3.63) is 52.5 Å². The molecule has 0 radical (unpaired) electrons. The maximum Gasteiger partial charge on any atom is 0.172 e. The van der Waals surface area contributed by atoms with E-state index >= 15 is 0 Å². The van der Waals surface area contributed by atoms with Gasteiger partial charge in [0.05, 0.1) is 23.5 Å². The fourth-order valence-corrected chi connectivity index (χ4v) is 1.98. The first kappa shape index (κ1) is 13.4. The van der Waals surface area contributed by atoms with Crippen LogP contribution in [0.3, 0.4) is 0 Å². The minimum atomic E-state index is 0.0793. The van der Waals surface area contributed by atoms with Crippen molar-refractivity contribution in [1.82, 2.24) is 0 Å². The number of anilines is 1. The lowest BCUT2D eigenvalue weighted by atomic mass is 10.2. The zero-order valence-corrected chi connectivity index (χ0v) is 11.9. The van der Waals surface area contributed by atoms with Gasteiger partial charge < -0.3 is 9.84 Å². The first-order valence-electron chi connectivity index (χ1n) is 5.61. The number of benzene rings is 2. The summed E-state index contributed by atoms with van der Waals surface area (Å²) < 4.78 is 5.63. The van der Waals surface area contributed by atoms with Crippen LogP contribution in [0.25, 0.3) is 0 Å². The maximum atomic E-state index is 9.69. The van der Waals surface area contributed by atoms with Crippen molar-refractivity contribution in [3.63, 3.8) is 0 Å². The molecule has 0 aromatic heterocycles. The maximum absolute atomic E-state index is 9.69. The Labute approximate surface area is 119 Å². The SMILES string of the molecule is COc1cc(/C=N/Nc2ccccc2)cc(Br)c1O. The smallest absolute Gasteiger partial charge is 0.172 e. The van der Waals surface area contributed by atoms with Crippen molar-refractivity contribution in [1.29, 1.82) is 0 Å². The fourth-order valence-electron chi connectivity index (χ4n) is 1.52. The lowest BCUT2D eigenvalue weighted by molar-refractivity contribution is 0.372. The molecule has 0 amide bonds. The van der Waals surface area contributed by atoms with E-state index in [9.17, 15) is 5.11 Å². The minimum Gasteiger partial charge on any atom is -0.503 e. The standard InChI is InChI=1S/C14H13BrN2O2/c1-19-13-8-10(7-12(15)14(13)18)9-16-17-11-5-3-2-4-6-11/h2-9,17-18H,1H3/b16-9+. The molecule has 0 unspecified atom stereocenters. The lowest BCUT2D eigenvalue weighted by Gasteiger charge is -2.06. The van der Waals surface area contributed by atoms with Gasteiger partial charge in [0.2, 0.25) is 0 Å². The van der Waals surface area contributed by atoms with Crippen LogP contribution in [0.15, 0.2) is 52.0 Å². The molecular formula is C14H13BrN2O2. The van der Waals surface area contributed by atoms with Crippen LogP contribution in [0.1, 0.15) is 5.56 Å². The summed E-state index contributed by atoms with van der Waals surface area (Å²) >= 11 is 3.26. The highest BCUT2D eigenvalue weighted by molar-refractivity contribution is 9.10. The first-order chi connectivity index (χ1) is 9.20. The average Bonchev–Trinajstić information content (AvgIpc) is 2.43. The fraction of sp³-hybridized carbons (Fsp3) is 0.0714. The molecule has 0 aliphatic heterocycles. The van der Waals surface area contributed by atoms with Crippen LogP contribution >= 0.6 is 15.9 Å². The van der Waals surface area contributed by atoms with Gasteiger partial charge in [0.25, 0.3) is 0 Å². The van der Waals surface area contributed by atoms with Crippen molar-refractivity contribution < 1.29 is 9.84 Å². The van der Waals surface area contributed by atoms with Crippen molar-refractivity contribution in [2.45, 2.75) is 0 Å². The molecule has 0 saturated carbocycles. The Morgan fingerprint density at radius 3 is 2.68 bits per heavy atom. The highest BCUT2D eigenvalue weighted by Crippen LogP contribution is 2.34. The van der Waals surface area contributed by atoms with Gasteiger partial charge in [0.15, 0.2) is 11.5 Å². The number of halogens is 1. The molecule has 2 rings (SSSR count). The van der Waals surface area contributed by atoms with E-state index in [1.165, 1.54) is 7.11 Å². The van der Waals surface area contributed by atoms with E-state index in [-0.39, 0.29) is 5.75 Å². The van der Waals surface area contributed by atoms with E-state index in [1.807, 2.05) is 30.3 Å². The zero-order chi connectivity index (χ0) is 13.7. The van der Waals surface area contributed by atoms with Crippen LogP contribution < -0.4 is 10.2 Å². The number of rotatable bonds is 4. The molecule has 5 heteroatoms. The largest absolute Gasteiger partial charge is 0.503 e. The second-order valence-electron chi connectivity index (χ2n) is 3.79. The topological polar surface area (TPSA) is 53.8 Å². The minimum absolute atomic E-state index is 0.0793. The summed E-state index contributed by atoms with van der Waals surface area (Å²) in [5.41, 5.74) is 4.63. The van der Waals surface area contributed by atoms with E-state index in [4.69, 9.17) is 4.74 Å². The third-order valence-electron chi connectivity index (χ3n) is 2.45. The van der Waals surface area contributed by atoms with Crippen molar-refractivity contribution in [2.24, 2.45) is 5.10 Å². The van der Waals surface area contributed by atoms with Crippen LogP contribution in [-0.4, -0.2) is 18.4 Å². The van der Waals surface area contributed by atoms with Gasteiger partial charge in [-0.15, -0.1) is 0 Å². The number of nitrogens with one attached hydrogen (secondary N) is 1. The summed E-state index contributed by atoms with van der Waals surface area (Å²) in [5, 5.41) is 13.8. The molecule has 0 bridgehead atoms. The van der Waals surface area contributed by atoms with E-state index < -0.39 is 0 Å². The number of nitrogens with zero attached hydrogens (tertiary/aromatic N) is 1. The predicted octanol–water partition coefficient (Wildman–Crippen LogP) is 3.61. The predicted molar refractivity (Wildman–Crippen MR) is 80.0 cm³/mol. The average molecular weight is 321 g/mol. The van der Waals surface area contributed by atoms with E-state index in [2.05, 4.69) is 26.5 Å². The van der Waals surface area contributed by atoms with Gasteiger partial charge in [0.1, 0.15) is 0 Å². The molecule has 2 aromatic rings. The Hall–Kier alpha value is -2.01. The van der Waals surface area contributed by atoms with E-state index in [1.54, 1.807) is 18.3 Å². The van der Waals surface area contributed by atoms with Gasteiger partial charge in [-0.25, -0.2) is 0 Å². The lowest BCUT2D eigenvalue weighted by Crippen LogP contribution is -1.92. The van der Waals surface area contributed by atoms with Crippen LogP contribution in [0.4, 0.5) is 5.69 Å². The van der Waals surface area contributed by atoms with Crippen LogP contribution in [-0.2, 0) is 0 Å². The Kier molecular flexibility index (Phi) is 4.41. The molecule has 0 aliphatic carbocycles. The van der Waals surface area contributed by atoms with Gasteiger partial charge in [-0.05, 0) is 45.8 Å². The summed E-state index contributed by atoms with van der Waals surface area (Å²) in [6.45, 7) is 0. The second-order valence-corrected chi connectivity index (χ2v) is 4.64. The Morgan fingerprint density at radius 1 is 1.26 bits per heavy atom. The molecule has 2 aromatic carbocycles. The number of hydrogen-bond donors (Lipinski definition) is 2. The molecular weight excluding hydrogens is 308 g/mol. The zero-order valence-electron chi connectivity index (χ0n) is 10.3. The Bertz CT molecular complexity index is 585. The van der Waals surface area contributed by atoms with Crippen molar-refractivity contribution in [3.8, 4) is 11.5 Å². The molecule has 0 aliphatic rings. The summed E-state index contributed by atoms with van der Waals surface area (Å²) in [7, 11) is 1.50. The molecule has 0 saturated heterocycles. The number of methoxy groups -OCH3 is 1. The number of hydrogen-bond acceptors (Lipinski definition) is 4.